The molecule has 1 aromatic carbocycles. The summed E-state index contributed by atoms with van der Waals surface area (Å²) < 4.78 is 26.6. The van der Waals surface area contributed by atoms with Crippen LogP contribution in [0.3, 0.4) is 0 Å². The first-order chi connectivity index (χ1) is 21.7. The summed E-state index contributed by atoms with van der Waals surface area (Å²) in [6, 6.07) is 5.77. The zero-order chi connectivity index (χ0) is 35.2. The number of allylic oxidation sites excluding steroid dienone is 1. The molecule has 1 saturated heterocycles. The highest BCUT2D eigenvalue weighted by Crippen LogP contribution is 2.42. The highest BCUT2D eigenvalue weighted by atomic mass is 28.4. The van der Waals surface area contributed by atoms with Crippen molar-refractivity contribution in [3.8, 4) is 5.75 Å². The molecule has 2 bridgehead atoms. The highest BCUT2D eigenvalue weighted by molar-refractivity contribution is 6.75. The van der Waals surface area contributed by atoms with E-state index in [0.29, 0.717) is 37.0 Å². The van der Waals surface area contributed by atoms with Gasteiger partial charge in [-0.25, -0.2) is 4.79 Å². The number of ether oxygens (including phenoxy) is 2. The van der Waals surface area contributed by atoms with Gasteiger partial charge in [0, 0.05) is 18.6 Å². The maximum Gasteiger partial charge on any atom is 0.342 e. The summed E-state index contributed by atoms with van der Waals surface area (Å²) in [5.41, 5.74) is 1.27. The third kappa shape index (κ3) is 11.0. The molecule has 0 spiro atoms. The number of aliphatic hydroxyl groups excluding tert-OH is 1. The van der Waals surface area contributed by atoms with Crippen LogP contribution in [0.25, 0.3) is 0 Å². The Labute approximate surface area is 283 Å². The molecule has 0 radical (unpaired) electrons. The molecule has 2 N–H and O–H groups in total. The third-order valence-corrected chi connectivity index (χ3v) is 18.9. The number of benzene rings is 1. The lowest BCUT2D eigenvalue weighted by Crippen LogP contribution is -2.49. The van der Waals surface area contributed by atoms with Gasteiger partial charge in [0.15, 0.2) is 8.32 Å². The van der Waals surface area contributed by atoms with Gasteiger partial charge in [0.1, 0.15) is 30.8 Å². The molecule has 264 valence electrons. The molecule has 12 heteroatoms. The summed E-state index contributed by atoms with van der Waals surface area (Å²) in [4.78, 5) is 30.9. The lowest BCUT2D eigenvalue weighted by Gasteiger charge is -2.44. The third-order valence-electron chi connectivity index (χ3n) is 10.0. The Hall–Kier alpha value is -2.52. The summed E-state index contributed by atoms with van der Waals surface area (Å²) in [6.45, 7) is 22.1. The van der Waals surface area contributed by atoms with E-state index in [9.17, 15) is 14.7 Å². The maximum absolute atomic E-state index is 14.1. The predicted octanol–water partition coefficient (Wildman–Crippen LogP) is 6.88. The second-order valence-corrected chi connectivity index (χ2v) is 25.4. The number of nitrogens with one attached hydrogen (secondary N) is 1. The van der Waals surface area contributed by atoms with Crippen LogP contribution < -0.4 is 9.74 Å². The van der Waals surface area contributed by atoms with Crippen molar-refractivity contribution in [2.24, 2.45) is 5.16 Å². The van der Waals surface area contributed by atoms with Crippen LogP contribution in [0.15, 0.2) is 35.5 Å². The second-order valence-electron chi connectivity index (χ2n) is 15.9. The summed E-state index contributed by atoms with van der Waals surface area (Å²) in [5.74, 6) is -0.378. The fraction of sp³-hybridized carbons (Fsp3) is 0.686. The number of oxime groups is 1. The molecule has 2 aliphatic heterocycles. The van der Waals surface area contributed by atoms with E-state index in [-0.39, 0.29) is 34.8 Å². The number of rotatable bonds is 11. The van der Waals surface area contributed by atoms with Crippen molar-refractivity contribution < 1.29 is 37.9 Å². The van der Waals surface area contributed by atoms with Crippen LogP contribution in [0.4, 0.5) is 0 Å². The molecule has 5 atom stereocenters. The van der Waals surface area contributed by atoms with Gasteiger partial charge in [-0.05, 0) is 86.1 Å². The number of hydrogen-bond donors (Lipinski definition) is 2. The van der Waals surface area contributed by atoms with Gasteiger partial charge in [-0.3, -0.25) is 4.79 Å². The average Bonchev–Trinajstić information content (AvgIpc) is 2.92. The number of aliphatic hydroxyl groups is 1. The Bertz CT molecular complexity index is 1290. The molecule has 0 aromatic heterocycles. The molecule has 1 unspecified atom stereocenters. The number of esters is 1. The highest BCUT2D eigenvalue weighted by Gasteiger charge is 2.44. The van der Waals surface area contributed by atoms with Crippen LogP contribution in [0.5, 0.6) is 5.75 Å². The molecule has 1 amide bonds. The zero-order valence-corrected chi connectivity index (χ0v) is 32.3. The van der Waals surface area contributed by atoms with Crippen molar-refractivity contribution in [3.05, 3.63) is 41.5 Å². The number of carbonyl (C=O) groups excluding carboxylic acids is 2. The van der Waals surface area contributed by atoms with E-state index in [1.807, 2.05) is 18.2 Å². The normalized spacial score (nSPS) is 23.6. The summed E-state index contributed by atoms with van der Waals surface area (Å²) >= 11 is 0. The molecule has 2 heterocycles. The minimum absolute atomic E-state index is 0.0175. The first-order valence-corrected chi connectivity index (χ1v) is 22.6. The van der Waals surface area contributed by atoms with Gasteiger partial charge in [0.05, 0.1) is 18.4 Å². The fourth-order valence-corrected chi connectivity index (χ4v) is 7.76. The Kier molecular flexibility index (Phi) is 13.1. The van der Waals surface area contributed by atoms with Crippen molar-refractivity contribution in [2.45, 2.75) is 147 Å². The summed E-state index contributed by atoms with van der Waals surface area (Å²) in [6.07, 6.45) is 4.90. The topological polar surface area (TPSA) is 125 Å². The van der Waals surface area contributed by atoms with Crippen molar-refractivity contribution >= 4 is 34.7 Å². The molecule has 2 aliphatic rings. The van der Waals surface area contributed by atoms with Crippen LogP contribution in [0.2, 0.25) is 36.3 Å². The van der Waals surface area contributed by atoms with Gasteiger partial charge in [0.25, 0.3) is 8.32 Å². The van der Waals surface area contributed by atoms with Gasteiger partial charge in [0.2, 0.25) is 5.91 Å². The van der Waals surface area contributed by atoms with Gasteiger partial charge in [-0.1, -0.05) is 58.8 Å². The van der Waals surface area contributed by atoms with Crippen molar-refractivity contribution in [2.75, 3.05) is 7.11 Å². The fourth-order valence-electron chi connectivity index (χ4n) is 5.36. The quantitative estimate of drug-likeness (QED) is 0.0643. The van der Waals surface area contributed by atoms with Crippen LogP contribution >= 0.6 is 0 Å². The number of hydrogen-bond acceptors (Lipinski definition) is 9. The Balaban J connectivity index is 1.93. The lowest BCUT2D eigenvalue weighted by atomic mass is 9.91. The Morgan fingerprint density at radius 1 is 1.06 bits per heavy atom. The van der Waals surface area contributed by atoms with Crippen molar-refractivity contribution in [3.63, 3.8) is 0 Å². The molecule has 3 rings (SSSR count). The van der Waals surface area contributed by atoms with Crippen LogP contribution in [-0.4, -0.2) is 77.6 Å². The molecular weight excluding hydrogens is 633 g/mol. The second kappa shape index (κ2) is 15.8. The molecule has 47 heavy (non-hydrogen) atoms. The minimum Gasteiger partial charge on any atom is -0.543 e. The van der Waals surface area contributed by atoms with E-state index in [1.54, 1.807) is 0 Å². The van der Waals surface area contributed by atoms with Gasteiger partial charge in [-0.15, -0.1) is 0 Å². The average molecular weight is 691 g/mol. The molecule has 0 aliphatic carbocycles. The van der Waals surface area contributed by atoms with Crippen LogP contribution in [-0.2, 0) is 30.0 Å². The smallest absolute Gasteiger partial charge is 0.342 e. The number of nitrogens with zero attached hydrogens (tertiary/aromatic N) is 1. The van der Waals surface area contributed by atoms with Crippen molar-refractivity contribution in [1.29, 1.82) is 0 Å². The Morgan fingerprint density at radius 2 is 1.72 bits per heavy atom. The predicted molar refractivity (Wildman–Crippen MR) is 190 cm³/mol. The van der Waals surface area contributed by atoms with E-state index in [1.165, 1.54) is 25.5 Å². The maximum atomic E-state index is 14.1. The van der Waals surface area contributed by atoms with Crippen LogP contribution in [0, 0.1) is 0 Å². The number of amides is 1. The van der Waals surface area contributed by atoms with Gasteiger partial charge < -0.3 is 33.6 Å². The van der Waals surface area contributed by atoms with E-state index < -0.39 is 40.8 Å². The molecule has 1 fully saturated rings. The van der Waals surface area contributed by atoms with Gasteiger partial charge in [-0.2, -0.15) is 0 Å². The van der Waals surface area contributed by atoms with E-state index >= 15 is 0 Å². The monoisotopic (exact) mass is 690 g/mol. The molecular formula is C35H58N2O8Si2. The molecule has 0 saturated carbocycles. The zero-order valence-electron chi connectivity index (χ0n) is 30.3. The van der Waals surface area contributed by atoms with Crippen molar-refractivity contribution in [1.82, 2.24) is 5.32 Å². The van der Waals surface area contributed by atoms with E-state index in [0.717, 1.165) is 12.0 Å². The first-order valence-electron chi connectivity index (χ1n) is 16.8. The number of cyclic esters (lactones) is 1. The molecule has 1 aromatic rings. The summed E-state index contributed by atoms with van der Waals surface area (Å²) in [7, 11) is -2.94. The van der Waals surface area contributed by atoms with E-state index in [4.69, 9.17) is 18.3 Å². The van der Waals surface area contributed by atoms with Gasteiger partial charge >= 0.3 is 5.97 Å². The Morgan fingerprint density at radius 3 is 2.36 bits per heavy atom. The number of fused-ring (bicyclic) bond motifs is 3. The molecule has 10 nitrogen and oxygen atoms in total. The van der Waals surface area contributed by atoms with Crippen LogP contribution in [0.1, 0.15) is 89.6 Å². The standard InChI is InChI=1S/C35H58N2O8Si2/c1-34(2,3)46(8,9)44-28-22-26-20-24-14-12-15-29(45-47(10,11)35(4,5)6)32(24)33(40)43-25(21-27(23-28)42-26)17-18-31(39)37-30(38)16-13-19-36-41-7/h12-16,19,25-28,31,39H,17-18,20-23H2,1-11H3,(H,37,38)/b16-13+,36-19+/t25-,26-,27-,28+,31?/m0/s1. The number of carbonyl (C=O) groups is 2. The minimum atomic E-state index is -2.29. The SMILES string of the molecule is CO/N=C/C=C/C(=O)NC(O)CC[C@H]1C[C@H]2C[C@H](O[Si](C)(C)C(C)(C)C)C[C@H](Cc3cccc(O[Si](C)(C)C(C)(C)C)c3C(=O)O1)O2. The summed E-state index contributed by atoms with van der Waals surface area (Å²) in [5, 5.41) is 16.7. The van der Waals surface area contributed by atoms with E-state index in [2.05, 4.69) is 83.0 Å². The first kappa shape index (κ1) is 38.9. The lowest BCUT2D eigenvalue weighted by molar-refractivity contribution is -0.120. The largest absolute Gasteiger partial charge is 0.543 e.